The summed E-state index contributed by atoms with van der Waals surface area (Å²) in [5, 5.41) is 4.41. The number of benzene rings is 1. The van der Waals surface area contributed by atoms with E-state index in [-0.39, 0.29) is 24.9 Å². The molecule has 76 valence electrons. The molecule has 1 atom stereocenters. The molecule has 2 nitrogen and oxygen atoms in total. The number of nitrogens with zero attached hydrogens (tertiary/aromatic N) is 1. The summed E-state index contributed by atoms with van der Waals surface area (Å²) < 4.78 is 5.08. The quantitative estimate of drug-likeness (QED) is 0.492. The van der Waals surface area contributed by atoms with Gasteiger partial charge in [-0.05, 0) is 12.1 Å². The van der Waals surface area contributed by atoms with Gasteiger partial charge in [0.05, 0.1) is 7.11 Å². The van der Waals surface area contributed by atoms with Crippen molar-refractivity contribution in [3.63, 3.8) is 0 Å². The third kappa shape index (κ3) is 4.57. The van der Waals surface area contributed by atoms with Gasteiger partial charge in [-0.15, -0.1) is 25.2 Å². The Bertz CT molecular complexity index is 284. The molecule has 0 saturated carbocycles. The van der Waals surface area contributed by atoms with Crippen molar-refractivity contribution in [1.82, 2.24) is 0 Å². The molecule has 0 N–H and O–H groups in total. The molecule has 1 aromatic carbocycles. The summed E-state index contributed by atoms with van der Waals surface area (Å²) in [6, 6.07) is 8.20. The van der Waals surface area contributed by atoms with Gasteiger partial charge in [0.15, 0.2) is 0 Å². The van der Waals surface area contributed by atoms with Crippen molar-refractivity contribution in [2.24, 2.45) is 0 Å². The summed E-state index contributed by atoms with van der Waals surface area (Å²) in [5.41, 5.74) is 1.20. The first-order valence-corrected chi connectivity index (χ1v) is 4.69. The standard InChI is InChI=1S/C12H16NO.Li/c1-4-9-13-10(2)11-5-7-12(14-3)8-6-11;/h4-8,10H,1,9H2,2-3H3;/q-1;+1/t10-;/m0./s1. The van der Waals surface area contributed by atoms with Gasteiger partial charge in [0.1, 0.15) is 5.75 Å². The van der Waals surface area contributed by atoms with Crippen LogP contribution in [0.4, 0.5) is 0 Å². The zero-order valence-electron chi connectivity index (χ0n) is 9.73. The zero-order valence-corrected chi connectivity index (χ0v) is 9.73. The third-order valence-electron chi connectivity index (χ3n) is 2.11. The first-order valence-electron chi connectivity index (χ1n) is 4.69. The molecule has 0 aromatic heterocycles. The fourth-order valence-corrected chi connectivity index (χ4v) is 1.22. The maximum atomic E-state index is 5.08. The van der Waals surface area contributed by atoms with Crippen LogP contribution in [0.1, 0.15) is 18.5 Å². The van der Waals surface area contributed by atoms with Crippen LogP contribution >= 0.6 is 0 Å². The van der Waals surface area contributed by atoms with Crippen LogP contribution in [0.2, 0.25) is 0 Å². The molecule has 0 saturated heterocycles. The largest absolute Gasteiger partial charge is 1.00 e. The number of rotatable bonds is 5. The third-order valence-corrected chi connectivity index (χ3v) is 2.11. The SMILES string of the molecule is C=CC[N-][C@@H](C)c1ccc(OC)cc1.[Li+]. The van der Waals surface area contributed by atoms with Crippen molar-refractivity contribution >= 4 is 0 Å². The molecule has 0 heterocycles. The number of ether oxygens (including phenoxy) is 1. The fraction of sp³-hybridized carbons (Fsp3) is 0.333. The molecule has 1 aromatic rings. The van der Waals surface area contributed by atoms with Gasteiger partial charge in [-0.2, -0.15) is 0 Å². The van der Waals surface area contributed by atoms with Gasteiger partial charge < -0.3 is 10.1 Å². The Morgan fingerprint density at radius 2 is 2.00 bits per heavy atom. The molecule has 15 heavy (non-hydrogen) atoms. The molecular formula is C12H16LiNO. The fourth-order valence-electron chi connectivity index (χ4n) is 1.22. The summed E-state index contributed by atoms with van der Waals surface area (Å²) in [6.07, 6.45) is 1.81. The Morgan fingerprint density at radius 3 is 2.47 bits per heavy atom. The number of hydrogen-bond acceptors (Lipinski definition) is 1. The van der Waals surface area contributed by atoms with Gasteiger partial charge in [0, 0.05) is 0 Å². The molecule has 0 spiro atoms. The van der Waals surface area contributed by atoms with E-state index in [4.69, 9.17) is 4.74 Å². The van der Waals surface area contributed by atoms with Gasteiger partial charge in [-0.3, -0.25) is 0 Å². The second-order valence-electron chi connectivity index (χ2n) is 3.10. The van der Waals surface area contributed by atoms with Crippen molar-refractivity contribution in [1.29, 1.82) is 0 Å². The van der Waals surface area contributed by atoms with Crippen LogP contribution in [0, 0.1) is 0 Å². The van der Waals surface area contributed by atoms with Gasteiger partial charge in [0.2, 0.25) is 0 Å². The second kappa shape index (κ2) is 7.59. The molecular weight excluding hydrogens is 181 g/mol. The molecule has 0 amide bonds. The predicted octanol–water partition coefficient (Wildman–Crippen LogP) is 0.320. The Labute approximate surface area is 104 Å². The maximum absolute atomic E-state index is 5.08. The van der Waals surface area contributed by atoms with Crippen molar-refractivity contribution in [3.05, 3.63) is 47.8 Å². The normalized spacial score (nSPS) is 11.3. The average molecular weight is 197 g/mol. The van der Waals surface area contributed by atoms with Crippen LogP contribution in [0.5, 0.6) is 5.75 Å². The molecule has 0 fully saturated rings. The van der Waals surface area contributed by atoms with E-state index in [1.165, 1.54) is 5.56 Å². The topological polar surface area (TPSA) is 23.3 Å². The van der Waals surface area contributed by atoms with Gasteiger partial charge in [0.25, 0.3) is 0 Å². The average Bonchev–Trinajstić information content (AvgIpc) is 2.26. The molecule has 0 radical (unpaired) electrons. The van der Waals surface area contributed by atoms with Crippen LogP contribution in [0.15, 0.2) is 36.9 Å². The Kier molecular flexibility index (Phi) is 7.24. The van der Waals surface area contributed by atoms with E-state index in [9.17, 15) is 0 Å². The Hall–Kier alpha value is -0.683. The molecule has 0 aliphatic heterocycles. The summed E-state index contributed by atoms with van der Waals surface area (Å²) in [6.45, 7) is 6.42. The van der Waals surface area contributed by atoms with E-state index in [1.54, 1.807) is 13.2 Å². The van der Waals surface area contributed by atoms with Crippen molar-refractivity contribution in [2.75, 3.05) is 13.7 Å². The van der Waals surface area contributed by atoms with E-state index >= 15 is 0 Å². The van der Waals surface area contributed by atoms with E-state index in [0.717, 1.165) is 5.75 Å². The number of hydrogen-bond donors (Lipinski definition) is 0. The van der Waals surface area contributed by atoms with Crippen LogP contribution in [-0.2, 0) is 0 Å². The van der Waals surface area contributed by atoms with Crippen LogP contribution in [-0.4, -0.2) is 13.7 Å². The summed E-state index contributed by atoms with van der Waals surface area (Å²) in [5.74, 6) is 0.879. The van der Waals surface area contributed by atoms with Crippen molar-refractivity contribution in [3.8, 4) is 5.75 Å². The van der Waals surface area contributed by atoms with Crippen molar-refractivity contribution in [2.45, 2.75) is 13.0 Å². The Balaban J connectivity index is 0.00000196. The second-order valence-corrected chi connectivity index (χ2v) is 3.10. The molecule has 0 unspecified atom stereocenters. The molecule has 0 bridgehead atoms. The Morgan fingerprint density at radius 1 is 1.40 bits per heavy atom. The van der Waals surface area contributed by atoms with Gasteiger partial charge >= 0.3 is 18.9 Å². The summed E-state index contributed by atoms with van der Waals surface area (Å²) in [4.78, 5) is 0. The van der Waals surface area contributed by atoms with E-state index in [0.29, 0.717) is 6.54 Å². The van der Waals surface area contributed by atoms with Crippen LogP contribution in [0.3, 0.4) is 0 Å². The van der Waals surface area contributed by atoms with Crippen LogP contribution in [0.25, 0.3) is 5.32 Å². The minimum Gasteiger partial charge on any atom is -0.653 e. The maximum Gasteiger partial charge on any atom is 1.00 e. The van der Waals surface area contributed by atoms with Crippen LogP contribution < -0.4 is 23.6 Å². The predicted molar refractivity (Wildman–Crippen MR) is 59.8 cm³/mol. The van der Waals surface area contributed by atoms with E-state index < -0.39 is 0 Å². The molecule has 0 aliphatic carbocycles. The van der Waals surface area contributed by atoms with Gasteiger partial charge in [-0.25, -0.2) is 0 Å². The summed E-state index contributed by atoms with van der Waals surface area (Å²) >= 11 is 0. The van der Waals surface area contributed by atoms with Gasteiger partial charge in [-0.1, -0.05) is 24.6 Å². The van der Waals surface area contributed by atoms with E-state index in [2.05, 4.69) is 18.8 Å². The van der Waals surface area contributed by atoms with E-state index in [1.807, 2.05) is 24.3 Å². The molecule has 0 aliphatic rings. The number of methoxy groups -OCH3 is 1. The zero-order chi connectivity index (χ0) is 10.4. The summed E-state index contributed by atoms with van der Waals surface area (Å²) in [7, 11) is 1.67. The first kappa shape index (κ1) is 14.3. The molecule has 3 heteroatoms. The molecule has 1 rings (SSSR count). The minimum atomic E-state index is 0. The smallest absolute Gasteiger partial charge is 0.653 e. The minimum absolute atomic E-state index is 0. The first-order chi connectivity index (χ1) is 6.77. The monoisotopic (exact) mass is 197 g/mol. The van der Waals surface area contributed by atoms with Crippen molar-refractivity contribution < 1.29 is 23.6 Å².